The SMILES string of the molecule is CCc1cccc(-c2cnc(C(C)=O)c(OC(F)(F)F)c2)c1. The van der Waals surface area contributed by atoms with Gasteiger partial charge in [-0.05, 0) is 23.6 Å². The van der Waals surface area contributed by atoms with Crippen molar-refractivity contribution in [2.24, 2.45) is 0 Å². The van der Waals surface area contributed by atoms with Gasteiger partial charge in [0.15, 0.2) is 11.5 Å². The second-order valence-electron chi connectivity index (χ2n) is 4.73. The summed E-state index contributed by atoms with van der Waals surface area (Å²) in [5, 5.41) is 0. The van der Waals surface area contributed by atoms with Crippen molar-refractivity contribution in [3.8, 4) is 16.9 Å². The van der Waals surface area contributed by atoms with Crippen LogP contribution in [0.2, 0.25) is 0 Å². The Kier molecular flexibility index (Phi) is 4.49. The first-order valence-corrected chi connectivity index (χ1v) is 6.66. The number of hydrogen-bond donors (Lipinski definition) is 0. The highest BCUT2D eigenvalue weighted by atomic mass is 19.4. The molecule has 0 spiro atoms. The number of ketones is 1. The quantitative estimate of drug-likeness (QED) is 0.785. The standard InChI is InChI=1S/C16H14F3NO2/c1-3-11-5-4-6-12(7-11)13-8-14(22-16(17,18)19)15(10(2)21)20-9-13/h4-9H,3H2,1-2H3. The van der Waals surface area contributed by atoms with Crippen LogP contribution >= 0.6 is 0 Å². The predicted octanol–water partition coefficient (Wildman–Crippen LogP) is 4.41. The molecule has 116 valence electrons. The summed E-state index contributed by atoms with van der Waals surface area (Å²) in [6.07, 6.45) is -2.71. The lowest BCUT2D eigenvalue weighted by Gasteiger charge is -2.13. The second-order valence-corrected chi connectivity index (χ2v) is 4.73. The number of aromatic nitrogens is 1. The van der Waals surface area contributed by atoms with Crippen molar-refractivity contribution in [2.45, 2.75) is 26.6 Å². The van der Waals surface area contributed by atoms with Gasteiger partial charge in [0.25, 0.3) is 0 Å². The van der Waals surface area contributed by atoms with Crippen molar-refractivity contribution in [2.75, 3.05) is 0 Å². The molecule has 1 aromatic carbocycles. The zero-order valence-electron chi connectivity index (χ0n) is 12.1. The number of Topliss-reactive ketones (excluding diaryl/α,β-unsaturated/α-hetero) is 1. The summed E-state index contributed by atoms with van der Waals surface area (Å²) in [5.41, 5.74) is 1.88. The molecule has 0 saturated heterocycles. The van der Waals surface area contributed by atoms with Crippen LogP contribution in [0.5, 0.6) is 5.75 Å². The van der Waals surface area contributed by atoms with Gasteiger partial charge in [0, 0.05) is 18.7 Å². The number of alkyl halides is 3. The first kappa shape index (κ1) is 16.0. The van der Waals surface area contributed by atoms with E-state index in [4.69, 9.17) is 0 Å². The Balaban J connectivity index is 2.49. The molecule has 2 aromatic rings. The van der Waals surface area contributed by atoms with Crippen molar-refractivity contribution in [3.63, 3.8) is 0 Å². The number of rotatable bonds is 4. The Morgan fingerprint density at radius 1 is 1.23 bits per heavy atom. The van der Waals surface area contributed by atoms with Crippen molar-refractivity contribution >= 4 is 5.78 Å². The fourth-order valence-electron chi connectivity index (χ4n) is 2.04. The third kappa shape index (κ3) is 3.84. The van der Waals surface area contributed by atoms with E-state index in [1.165, 1.54) is 12.3 Å². The smallest absolute Gasteiger partial charge is 0.403 e. The summed E-state index contributed by atoms with van der Waals surface area (Å²) in [7, 11) is 0. The molecule has 1 heterocycles. The van der Waals surface area contributed by atoms with E-state index in [0.717, 1.165) is 18.9 Å². The number of aryl methyl sites for hydroxylation is 1. The summed E-state index contributed by atoms with van der Waals surface area (Å²) < 4.78 is 41.4. The van der Waals surface area contributed by atoms with Crippen LogP contribution in [0.3, 0.4) is 0 Å². The maximum atomic E-state index is 12.5. The maximum absolute atomic E-state index is 12.5. The van der Waals surface area contributed by atoms with Gasteiger partial charge in [-0.3, -0.25) is 4.79 Å². The minimum atomic E-state index is -4.88. The van der Waals surface area contributed by atoms with Crippen molar-refractivity contribution in [3.05, 3.63) is 47.8 Å². The van der Waals surface area contributed by atoms with Gasteiger partial charge >= 0.3 is 6.36 Å². The molecule has 0 radical (unpaired) electrons. The first-order chi connectivity index (χ1) is 10.3. The Labute approximate surface area is 125 Å². The lowest BCUT2D eigenvalue weighted by molar-refractivity contribution is -0.274. The molecule has 0 aliphatic heterocycles. The Bertz CT molecular complexity index is 696. The van der Waals surface area contributed by atoms with Crippen LogP contribution in [0.15, 0.2) is 36.5 Å². The summed E-state index contributed by atoms with van der Waals surface area (Å²) >= 11 is 0. The minimum absolute atomic E-state index is 0.340. The summed E-state index contributed by atoms with van der Waals surface area (Å²) in [6, 6.07) is 8.56. The van der Waals surface area contributed by atoms with Gasteiger partial charge in [-0.1, -0.05) is 31.2 Å². The molecule has 0 unspecified atom stereocenters. The monoisotopic (exact) mass is 309 g/mol. The number of carbonyl (C=O) groups excluding carboxylic acids is 1. The molecule has 0 bridgehead atoms. The fourth-order valence-corrected chi connectivity index (χ4v) is 2.04. The number of halogens is 3. The maximum Gasteiger partial charge on any atom is 0.573 e. The van der Waals surface area contributed by atoms with E-state index in [1.807, 2.05) is 25.1 Å². The van der Waals surface area contributed by atoms with Crippen LogP contribution in [-0.2, 0) is 6.42 Å². The van der Waals surface area contributed by atoms with Crippen LogP contribution in [0.4, 0.5) is 13.2 Å². The van der Waals surface area contributed by atoms with Crippen LogP contribution in [0.1, 0.15) is 29.9 Å². The summed E-state index contributed by atoms with van der Waals surface area (Å²) in [5.74, 6) is -1.17. The van der Waals surface area contributed by atoms with E-state index >= 15 is 0 Å². The molecule has 0 N–H and O–H groups in total. The van der Waals surface area contributed by atoms with E-state index in [-0.39, 0.29) is 5.69 Å². The van der Waals surface area contributed by atoms with E-state index in [0.29, 0.717) is 11.1 Å². The second kappa shape index (κ2) is 6.17. The number of hydrogen-bond acceptors (Lipinski definition) is 3. The number of nitrogens with zero attached hydrogens (tertiary/aromatic N) is 1. The molecule has 0 atom stereocenters. The zero-order valence-corrected chi connectivity index (χ0v) is 12.1. The third-order valence-corrected chi connectivity index (χ3v) is 3.08. The molecule has 3 nitrogen and oxygen atoms in total. The molecule has 2 rings (SSSR count). The Morgan fingerprint density at radius 3 is 2.55 bits per heavy atom. The van der Waals surface area contributed by atoms with E-state index in [1.54, 1.807) is 6.07 Å². The zero-order chi connectivity index (χ0) is 16.3. The van der Waals surface area contributed by atoms with Crippen LogP contribution in [-0.4, -0.2) is 17.1 Å². The Hall–Kier alpha value is -2.37. The predicted molar refractivity (Wildman–Crippen MR) is 75.7 cm³/mol. The number of ether oxygens (including phenoxy) is 1. The van der Waals surface area contributed by atoms with Crippen molar-refractivity contribution < 1.29 is 22.7 Å². The summed E-state index contributed by atoms with van der Waals surface area (Å²) in [4.78, 5) is 15.2. The van der Waals surface area contributed by atoms with Crippen molar-refractivity contribution in [1.29, 1.82) is 0 Å². The van der Waals surface area contributed by atoms with Gasteiger partial charge in [0.2, 0.25) is 0 Å². The van der Waals surface area contributed by atoms with Gasteiger partial charge in [-0.15, -0.1) is 13.2 Å². The van der Waals surface area contributed by atoms with Crippen LogP contribution in [0.25, 0.3) is 11.1 Å². The highest BCUT2D eigenvalue weighted by molar-refractivity contribution is 5.95. The lowest BCUT2D eigenvalue weighted by Crippen LogP contribution is -2.19. The molecule has 6 heteroatoms. The minimum Gasteiger partial charge on any atom is -0.403 e. The van der Waals surface area contributed by atoms with Crippen LogP contribution in [0, 0.1) is 0 Å². The molecule has 0 fully saturated rings. The average molecular weight is 309 g/mol. The third-order valence-electron chi connectivity index (χ3n) is 3.08. The molecule has 0 amide bonds. The number of carbonyl (C=O) groups is 1. The van der Waals surface area contributed by atoms with E-state index in [9.17, 15) is 18.0 Å². The average Bonchev–Trinajstić information content (AvgIpc) is 2.45. The number of benzene rings is 1. The van der Waals surface area contributed by atoms with Gasteiger partial charge in [-0.25, -0.2) is 4.98 Å². The van der Waals surface area contributed by atoms with Gasteiger partial charge in [-0.2, -0.15) is 0 Å². The number of pyridine rings is 1. The highest BCUT2D eigenvalue weighted by Gasteiger charge is 2.33. The molecule has 0 saturated carbocycles. The molecule has 22 heavy (non-hydrogen) atoms. The highest BCUT2D eigenvalue weighted by Crippen LogP contribution is 2.30. The fraction of sp³-hybridized carbons (Fsp3) is 0.250. The summed E-state index contributed by atoms with van der Waals surface area (Å²) in [6.45, 7) is 3.12. The largest absolute Gasteiger partial charge is 0.573 e. The van der Waals surface area contributed by atoms with E-state index in [2.05, 4.69) is 9.72 Å². The van der Waals surface area contributed by atoms with Gasteiger partial charge < -0.3 is 4.74 Å². The normalized spacial score (nSPS) is 11.3. The van der Waals surface area contributed by atoms with Crippen molar-refractivity contribution in [1.82, 2.24) is 4.98 Å². The topological polar surface area (TPSA) is 39.2 Å². The van der Waals surface area contributed by atoms with Crippen LogP contribution < -0.4 is 4.74 Å². The first-order valence-electron chi connectivity index (χ1n) is 6.66. The molecule has 0 aliphatic carbocycles. The van der Waals surface area contributed by atoms with Gasteiger partial charge in [0.1, 0.15) is 5.69 Å². The molecule has 0 aliphatic rings. The van der Waals surface area contributed by atoms with Gasteiger partial charge in [0.05, 0.1) is 0 Å². The molecular weight excluding hydrogens is 295 g/mol. The molecular formula is C16H14F3NO2. The lowest BCUT2D eigenvalue weighted by atomic mass is 10.0. The molecule has 1 aromatic heterocycles. The Morgan fingerprint density at radius 2 is 1.95 bits per heavy atom. The van der Waals surface area contributed by atoms with E-state index < -0.39 is 17.9 Å².